The van der Waals surface area contributed by atoms with Crippen LogP contribution in [0.5, 0.6) is 0 Å². The van der Waals surface area contributed by atoms with E-state index in [1.165, 1.54) is 4.68 Å². The first-order valence-electron chi connectivity index (χ1n) is 9.03. The zero-order valence-electron chi connectivity index (χ0n) is 15.1. The number of halogens is 2. The molecule has 0 amide bonds. The lowest BCUT2D eigenvalue weighted by molar-refractivity contribution is 0.0397. The van der Waals surface area contributed by atoms with Gasteiger partial charge in [-0.05, 0) is 23.3 Å². The van der Waals surface area contributed by atoms with Gasteiger partial charge in [0.05, 0.1) is 25.0 Å². The second-order valence-electron chi connectivity index (χ2n) is 6.65. The number of nitrogens with zero attached hydrogens (tertiary/aromatic N) is 3. The summed E-state index contributed by atoms with van der Waals surface area (Å²) in [5.74, 6) is 0. The van der Waals surface area contributed by atoms with Crippen LogP contribution in [0.15, 0.2) is 70.1 Å². The predicted molar refractivity (Wildman–Crippen MR) is 114 cm³/mol. The minimum Gasteiger partial charge on any atom is -0.370 e. The molecule has 0 bridgehead atoms. The third-order valence-corrected chi connectivity index (χ3v) is 5.67. The highest BCUT2D eigenvalue weighted by Gasteiger charge is 2.25. The van der Waals surface area contributed by atoms with Crippen LogP contribution in [0.2, 0.25) is 5.02 Å². The van der Waals surface area contributed by atoms with E-state index in [0.29, 0.717) is 31.9 Å². The summed E-state index contributed by atoms with van der Waals surface area (Å²) in [6.45, 7) is 2.23. The summed E-state index contributed by atoms with van der Waals surface area (Å²) >= 11 is 9.90. The monoisotopic (exact) mass is 459 g/mol. The van der Waals surface area contributed by atoms with Gasteiger partial charge >= 0.3 is 0 Å². The topological polar surface area (TPSA) is 47.4 Å². The van der Waals surface area contributed by atoms with Crippen molar-refractivity contribution in [3.8, 4) is 0 Å². The summed E-state index contributed by atoms with van der Waals surface area (Å²) in [5, 5.41) is 4.55. The van der Waals surface area contributed by atoms with E-state index in [1.54, 1.807) is 6.20 Å². The van der Waals surface area contributed by atoms with Crippen LogP contribution < -0.4 is 10.5 Å². The van der Waals surface area contributed by atoms with Crippen molar-refractivity contribution < 1.29 is 4.74 Å². The van der Waals surface area contributed by atoms with Crippen LogP contribution in [-0.4, -0.2) is 29.5 Å². The molecule has 1 aromatic heterocycles. The molecule has 0 aliphatic carbocycles. The van der Waals surface area contributed by atoms with Crippen molar-refractivity contribution in [2.24, 2.45) is 0 Å². The van der Waals surface area contributed by atoms with E-state index in [9.17, 15) is 4.79 Å². The molecule has 1 saturated heterocycles. The van der Waals surface area contributed by atoms with Gasteiger partial charge in [-0.25, -0.2) is 4.68 Å². The predicted octanol–water partition coefficient (Wildman–Crippen LogP) is 4.29. The molecule has 1 atom stereocenters. The van der Waals surface area contributed by atoms with E-state index in [1.807, 2.05) is 54.6 Å². The second kappa shape index (κ2) is 8.47. The van der Waals surface area contributed by atoms with Crippen molar-refractivity contribution >= 4 is 33.2 Å². The fourth-order valence-corrected chi connectivity index (χ4v) is 3.82. The number of rotatable bonds is 4. The van der Waals surface area contributed by atoms with E-state index >= 15 is 0 Å². The highest BCUT2D eigenvalue weighted by atomic mass is 79.9. The molecule has 1 fully saturated rings. The van der Waals surface area contributed by atoms with Gasteiger partial charge in [-0.15, -0.1) is 0 Å². The van der Waals surface area contributed by atoms with Crippen LogP contribution in [0.4, 0.5) is 5.69 Å². The number of hydrogen-bond donors (Lipinski definition) is 0. The van der Waals surface area contributed by atoms with Crippen LogP contribution in [0.25, 0.3) is 0 Å². The molecule has 1 unspecified atom stereocenters. The molecule has 28 heavy (non-hydrogen) atoms. The Balaban J connectivity index is 1.56. The molecule has 0 N–H and O–H groups in total. The molecule has 0 spiro atoms. The molecule has 5 nitrogen and oxygen atoms in total. The maximum absolute atomic E-state index is 12.7. The standard InChI is InChI=1S/C21H19BrClN3O2/c22-17-8-6-16(7-9-17)19-14-25(10-11-28-19)18-12-24-26(21(27)20(18)23)13-15-4-2-1-3-5-15/h1-9,12,19H,10-11,13-14H2. The van der Waals surface area contributed by atoms with Crippen molar-refractivity contribution in [1.82, 2.24) is 9.78 Å². The Kier molecular flexibility index (Phi) is 5.80. The number of aromatic nitrogens is 2. The van der Waals surface area contributed by atoms with Gasteiger partial charge in [0.2, 0.25) is 0 Å². The summed E-state index contributed by atoms with van der Waals surface area (Å²) in [7, 11) is 0. The lowest BCUT2D eigenvalue weighted by atomic mass is 10.1. The normalized spacial score (nSPS) is 16.9. The molecular weight excluding hydrogens is 442 g/mol. The van der Waals surface area contributed by atoms with Crippen LogP contribution in [-0.2, 0) is 11.3 Å². The summed E-state index contributed by atoms with van der Waals surface area (Å²) in [6, 6.07) is 17.8. The quantitative estimate of drug-likeness (QED) is 0.583. The van der Waals surface area contributed by atoms with Crippen LogP contribution in [0.3, 0.4) is 0 Å². The van der Waals surface area contributed by atoms with E-state index in [2.05, 4.69) is 25.9 Å². The Bertz CT molecular complexity index is 1010. The van der Waals surface area contributed by atoms with Gasteiger partial charge in [-0.3, -0.25) is 4.79 Å². The zero-order chi connectivity index (χ0) is 19.5. The number of anilines is 1. The summed E-state index contributed by atoms with van der Waals surface area (Å²) in [4.78, 5) is 14.8. The number of ether oxygens (including phenoxy) is 1. The minimum absolute atomic E-state index is 0.0790. The van der Waals surface area contributed by atoms with E-state index < -0.39 is 0 Å². The molecule has 0 radical (unpaired) electrons. The molecule has 2 aromatic carbocycles. The first kappa shape index (κ1) is 19.2. The highest BCUT2D eigenvalue weighted by molar-refractivity contribution is 9.10. The van der Waals surface area contributed by atoms with E-state index in [-0.39, 0.29) is 16.7 Å². The molecule has 0 saturated carbocycles. The summed E-state index contributed by atoms with van der Waals surface area (Å²) < 4.78 is 8.35. The maximum atomic E-state index is 12.7. The third kappa shape index (κ3) is 4.14. The second-order valence-corrected chi connectivity index (χ2v) is 7.94. The van der Waals surface area contributed by atoms with E-state index in [0.717, 1.165) is 15.6 Å². The van der Waals surface area contributed by atoms with Crippen molar-refractivity contribution in [1.29, 1.82) is 0 Å². The highest BCUT2D eigenvalue weighted by Crippen LogP contribution is 2.29. The van der Waals surface area contributed by atoms with Crippen molar-refractivity contribution in [2.45, 2.75) is 12.6 Å². The Morgan fingerprint density at radius 2 is 1.89 bits per heavy atom. The fourth-order valence-electron chi connectivity index (χ4n) is 3.29. The Hall–Kier alpha value is -2.15. The average molecular weight is 461 g/mol. The molecule has 4 rings (SSSR count). The zero-order valence-corrected chi connectivity index (χ0v) is 17.4. The molecule has 7 heteroatoms. The molecule has 3 aromatic rings. The van der Waals surface area contributed by atoms with Gasteiger partial charge in [0.25, 0.3) is 5.56 Å². The van der Waals surface area contributed by atoms with Gasteiger partial charge in [0, 0.05) is 17.6 Å². The first-order chi connectivity index (χ1) is 13.6. The molecule has 2 heterocycles. The molecule has 1 aliphatic rings. The van der Waals surface area contributed by atoms with E-state index in [4.69, 9.17) is 16.3 Å². The number of morpholine rings is 1. The van der Waals surface area contributed by atoms with Gasteiger partial charge in [-0.1, -0.05) is 70.0 Å². The molecule has 144 valence electrons. The lowest BCUT2D eigenvalue weighted by Crippen LogP contribution is -2.39. The van der Waals surface area contributed by atoms with Crippen LogP contribution in [0.1, 0.15) is 17.2 Å². The SMILES string of the molecule is O=c1c(Cl)c(N2CCOC(c3ccc(Br)cc3)C2)cnn1Cc1ccccc1. The maximum Gasteiger partial charge on any atom is 0.287 e. The van der Waals surface area contributed by atoms with Crippen LogP contribution in [0, 0.1) is 0 Å². The average Bonchev–Trinajstić information content (AvgIpc) is 2.73. The lowest BCUT2D eigenvalue weighted by Gasteiger charge is -2.35. The fraction of sp³-hybridized carbons (Fsp3) is 0.238. The van der Waals surface area contributed by atoms with Gasteiger partial charge < -0.3 is 9.64 Å². The van der Waals surface area contributed by atoms with Gasteiger partial charge in [0.1, 0.15) is 11.1 Å². The van der Waals surface area contributed by atoms with Crippen LogP contribution >= 0.6 is 27.5 Å². The minimum atomic E-state index is -0.283. The summed E-state index contributed by atoms with van der Waals surface area (Å²) in [5.41, 5.74) is 2.47. The van der Waals surface area contributed by atoms with Crippen molar-refractivity contribution in [3.05, 3.63) is 91.8 Å². The molecular formula is C21H19BrClN3O2. The Morgan fingerprint density at radius 3 is 2.64 bits per heavy atom. The number of benzene rings is 2. The molecule has 1 aliphatic heterocycles. The van der Waals surface area contributed by atoms with Gasteiger partial charge in [0.15, 0.2) is 0 Å². The smallest absolute Gasteiger partial charge is 0.287 e. The third-order valence-electron chi connectivity index (χ3n) is 4.79. The van der Waals surface area contributed by atoms with Gasteiger partial charge in [-0.2, -0.15) is 5.10 Å². The number of hydrogen-bond acceptors (Lipinski definition) is 4. The largest absolute Gasteiger partial charge is 0.370 e. The summed E-state index contributed by atoms with van der Waals surface area (Å²) in [6.07, 6.45) is 1.60. The van der Waals surface area contributed by atoms with Crippen molar-refractivity contribution in [2.75, 3.05) is 24.6 Å². The first-order valence-corrected chi connectivity index (χ1v) is 10.2. The van der Waals surface area contributed by atoms with Crippen molar-refractivity contribution in [3.63, 3.8) is 0 Å². The Labute approximate surface area is 176 Å². The Morgan fingerprint density at radius 1 is 1.14 bits per heavy atom.